The monoisotopic (exact) mass is 242 g/mol. The summed E-state index contributed by atoms with van der Waals surface area (Å²) in [5.41, 5.74) is 1.65. The van der Waals surface area contributed by atoms with Gasteiger partial charge in [-0.15, -0.1) is 0 Å². The molecule has 18 heavy (non-hydrogen) atoms. The van der Waals surface area contributed by atoms with Crippen LogP contribution in [0.2, 0.25) is 0 Å². The number of fused-ring (bicyclic) bond motifs is 1. The van der Waals surface area contributed by atoms with E-state index in [9.17, 15) is 0 Å². The van der Waals surface area contributed by atoms with Crippen LogP contribution in [0.5, 0.6) is 0 Å². The van der Waals surface area contributed by atoms with Gasteiger partial charge in [0.2, 0.25) is 5.95 Å². The first-order valence-corrected chi connectivity index (χ1v) is 5.92. The van der Waals surface area contributed by atoms with Crippen molar-refractivity contribution in [1.29, 1.82) is 0 Å². The van der Waals surface area contributed by atoms with Gasteiger partial charge < -0.3 is 0 Å². The zero-order chi connectivity index (χ0) is 12.5. The molecule has 92 valence electrons. The minimum atomic E-state index is 0.506. The van der Waals surface area contributed by atoms with E-state index in [4.69, 9.17) is 0 Å². The summed E-state index contributed by atoms with van der Waals surface area (Å²) >= 11 is 0. The Labute approximate surface area is 104 Å². The highest BCUT2D eigenvalue weighted by atomic mass is 15.4. The third kappa shape index (κ3) is 1.75. The Hall–Kier alpha value is -2.24. The summed E-state index contributed by atoms with van der Waals surface area (Å²) in [5, 5.41) is 4.23. The van der Waals surface area contributed by atoms with Crippen LogP contribution in [0.3, 0.4) is 0 Å². The molecule has 0 saturated carbocycles. The second-order valence-electron chi connectivity index (χ2n) is 4.60. The molecular formula is C12H14N6. The third-order valence-electron chi connectivity index (χ3n) is 2.65. The van der Waals surface area contributed by atoms with Gasteiger partial charge in [-0.3, -0.25) is 4.57 Å². The maximum atomic E-state index is 4.55. The van der Waals surface area contributed by atoms with Crippen LogP contribution >= 0.6 is 0 Å². The van der Waals surface area contributed by atoms with Gasteiger partial charge in [0.15, 0.2) is 5.65 Å². The number of rotatable bonds is 3. The van der Waals surface area contributed by atoms with Crippen LogP contribution in [0.4, 0.5) is 0 Å². The van der Waals surface area contributed by atoms with E-state index in [0.717, 1.165) is 23.7 Å². The van der Waals surface area contributed by atoms with Crippen molar-refractivity contribution in [3.8, 4) is 5.95 Å². The molecule has 0 bridgehead atoms. The van der Waals surface area contributed by atoms with Crippen molar-refractivity contribution in [2.75, 3.05) is 0 Å². The second kappa shape index (κ2) is 4.21. The van der Waals surface area contributed by atoms with Crippen molar-refractivity contribution in [3.05, 3.63) is 31.0 Å². The molecule has 3 aromatic rings. The number of aromatic nitrogens is 6. The molecule has 0 aliphatic rings. The maximum Gasteiger partial charge on any atom is 0.233 e. The Morgan fingerprint density at radius 1 is 1.33 bits per heavy atom. The molecule has 0 spiro atoms. The Bertz CT molecular complexity index is 652. The summed E-state index contributed by atoms with van der Waals surface area (Å²) in [5.74, 6) is 1.29. The van der Waals surface area contributed by atoms with Gasteiger partial charge in [-0.2, -0.15) is 5.10 Å². The molecule has 3 rings (SSSR count). The van der Waals surface area contributed by atoms with Crippen LogP contribution in [0.1, 0.15) is 13.8 Å². The standard InChI is InChI=1S/C12H14N6/c1-9(2)7-17-11-10(6-13-8-14-11)16-12(17)18-5-3-4-15-18/h3-6,8-9H,7H2,1-2H3. The molecule has 0 radical (unpaired) electrons. The molecule has 0 amide bonds. The predicted molar refractivity (Wildman–Crippen MR) is 67.3 cm³/mol. The molecule has 0 N–H and O–H groups in total. The Kier molecular flexibility index (Phi) is 2.55. The lowest BCUT2D eigenvalue weighted by Gasteiger charge is -2.10. The fraction of sp³-hybridized carbons (Fsp3) is 0.333. The van der Waals surface area contributed by atoms with Crippen molar-refractivity contribution in [3.63, 3.8) is 0 Å². The topological polar surface area (TPSA) is 61.4 Å². The van der Waals surface area contributed by atoms with E-state index < -0.39 is 0 Å². The van der Waals surface area contributed by atoms with Gasteiger partial charge in [0.1, 0.15) is 11.8 Å². The highest BCUT2D eigenvalue weighted by Crippen LogP contribution is 2.17. The molecule has 0 atom stereocenters. The number of imidazole rings is 1. The van der Waals surface area contributed by atoms with Crippen LogP contribution in [-0.4, -0.2) is 29.3 Å². The molecule has 0 fully saturated rings. The molecule has 6 nitrogen and oxygen atoms in total. The van der Waals surface area contributed by atoms with Crippen molar-refractivity contribution in [2.24, 2.45) is 5.92 Å². The van der Waals surface area contributed by atoms with E-state index >= 15 is 0 Å². The maximum absolute atomic E-state index is 4.55. The lowest BCUT2D eigenvalue weighted by Crippen LogP contribution is -2.11. The Balaban J connectivity index is 2.23. The average molecular weight is 242 g/mol. The van der Waals surface area contributed by atoms with Crippen LogP contribution in [0.25, 0.3) is 17.1 Å². The predicted octanol–water partition coefficient (Wildman–Crippen LogP) is 1.67. The quantitative estimate of drug-likeness (QED) is 0.701. The van der Waals surface area contributed by atoms with Gasteiger partial charge in [0.05, 0.1) is 6.20 Å². The molecule has 3 aromatic heterocycles. The zero-order valence-electron chi connectivity index (χ0n) is 10.4. The van der Waals surface area contributed by atoms with E-state index in [2.05, 4.69) is 38.5 Å². The fourth-order valence-electron chi connectivity index (χ4n) is 1.96. The molecule has 6 heteroatoms. The summed E-state index contributed by atoms with van der Waals surface area (Å²) in [6.07, 6.45) is 6.90. The molecule has 3 heterocycles. The number of hydrogen-bond donors (Lipinski definition) is 0. The number of hydrogen-bond acceptors (Lipinski definition) is 4. The smallest absolute Gasteiger partial charge is 0.233 e. The minimum absolute atomic E-state index is 0.506. The van der Waals surface area contributed by atoms with E-state index in [0.29, 0.717) is 5.92 Å². The van der Waals surface area contributed by atoms with Crippen LogP contribution in [0.15, 0.2) is 31.0 Å². The Morgan fingerprint density at radius 2 is 2.22 bits per heavy atom. The molecule has 0 unspecified atom stereocenters. The summed E-state index contributed by atoms with van der Waals surface area (Å²) in [6.45, 7) is 5.18. The minimum Gasteiger partial charge on any atom is -0.293 e. The summed E-state index contributed by atoms with van der Waals surface area (Å²) in [6, 6.07) is 1.88. The van der Waals surface area contributed by atoms with Gasteiger partial charge in [0.25, 0.3) is 0 Å². The summed E-state index contributed by atoms with van der Waals surface area (Å²) in [4.78, 5) is 12.9. The van der Waals surface area contributed by atoms with Crippen LogP contribution < -0.4 is 0 Å². The van der Waals surface area contributed by atoms with Crippen molar-refractivity contribution >= 4 is 11.2 Å². The fourth-order valence-corrected chi connectivity index (χ4v) is 1.96. The zero-order valence-corrected chi connectivity index (χ0v) is 10.4. The highest BCUT2D eigenvalue weighted by Gasteiger charge is 2.14. The van der Waals surface area contributed by atoms with Crippen LogP contribution in [0, 0.1) is 5.92 Å². The van der Waals surface area contributed by atoms with E-state index in [1.54, 1.807) is 23.4 Å². The molecule has 0 aromatic carbocycles. The third-order valence-corrected chi connectivity index (χ3v) is 2.65. The summed E-state index contributed by atoms with van der Waals surface area (Å²) < 4.78 is 3.83. The first kappa shape index (κ1) is 10.9. The first-order valence-electron chi connectivity index (χ1n) is 5.92. The van der Waals surface area contributed by atoms with Crippen molar-refractivity contribution in [2.45, 2.75) is 20.4 Å². The molecular weight excluding hydrogens is 228 g/mol. The number of nitrogens with zero attached hydrogens (tertiary/aromatic N) is 6. The molecule has 0 saturated heterocycles. The Morgan fingerprint density at radius 3 is 2.94 bits per heavy atom. The van der Waals surface area contributed by atoms with Gasteiger partial charge >= 0.3 is 0 Å². The largest absolute Gasteiger partial charge is 0.293 e. The summed E-state index contributed by atoms with van der Waals surface area (Å²) in [7, 11) is 0. The van der Waals surface area contributed by atoms with Gasteiger partial charge in [0, 0.05) is 18.9 Å². The second-order valence-corrected chi connectivity index (χ2v) is 4.60. The molecule has 0 aliphatic carbocycles. The lowest BCUT2D eigenvalue weighted by atomic mass is 10.2. The average Bonchev–Trinajstić information content (AvgIpc) is 2.96. The highest BCUT2D eigenvalue weighted by molar-refractivity contribution is 5.71. The van der Waals surface area contributed by atoms with E-state index in [1.807, 2.05) is 12.3 Å². The first-order chi connectivity index (χ1) is 8.75. The van der Waals surface area contributed by atoms with Crippen LogP contribution in [-0.2, 0) is 6.54 Å². The normalized spacial score (nSPS) is 11.5. The lowest BCUT2D eigenvalue weighted by molar-refractivity contribution is 0.518. The van der Waals surface area contributed by atoms with Gasteiger partial charge in [-0.25, -0.2) is 19.6 Å². The van der Waals surface area contributed by atoms with E-state index in [1.165, 1.54) is 0 Å². The molecule has 0 aliphatic heterocycles. The van der Waals surface area contributed by atoms with Gasteiger partial charge in [-0.05, 0) is 12.0 Å². The van der Waals surface area contributed by atoms with Crippen molar-refractivity contribution < 1.29 is 0 Å². The van der Waals surface area contributed by atoms with E-state index in [-0.39, 0.29) is 0 Å². The SMILES string of the molecule is CC(C)Cn1c(-n2cccn2)nc2cncnc21. The van der Waals surface area contributed by atoms with Gasteiger partial charge in [-0.1, -0.05) is 13.8 Å². The van der Waals surface area contributed by atoms with Crippen molar-refractivity contribution in [1.82, 2.24) is 29.3 Å².